The van der Waals surface area contributed by atoms with Crippen LogP contribution in [0.15, 0.2) is 53.0 Å². The van der Waals surface area contributed by atoms with Crippen LogP contribution in [0.2, 0.25) is 0 Å². The second kappa shape index (κ2) is 6.59. The number of ether oxygens (including phenoxy) is 2. The monoisotopic (exact) mass is 322 g/mol. The summed E-state index contributed by atoms with van der Waals surface area (Å²) in [5.41, 5.74) is 0.803. The molecule has 0 aliphatic rings. The Hall–Kier alpha value is -1.52. The standard InChI is InChI=1S/C15H15BrO3/c1-18-14-8-4-5-9-15(14)19-10-13(17)11-6-2-3-7-12(11)16/h2-9,13,17H,10H2,1H3. The summed E-state index contributed by atoms with van der Waals surface area (Å²) < 4.78 is 11.7. The van der Waals surface area contributed by atoms with Crippen molar-refractivity contribution in [3.63, 3.8) is 0 Å². The van der Waals surface area contributed by atoms with Crippen LogP contribution in [0.25, 0.3) is 0 Å². The third kappa shape index (κ3) is 3.49. The Kier molecular flexibility index (Phi) is 4.82. The Morgan fingerprint density at radius 2 is 1.68 bits per heavy atom. The summed E-state index contributed by atoms with van der Waals surface area (Å²) in [5.74, 6) is 1.28. The number of hydrogen-bond donors (Lipinski definition) is 1. The average molecular weight is 323 g/mol. The molecule has 0 saturated carbocycles. The molecule has 2 aromatic rings. The maximum Gasteiger partial charge on any atom is 0.161 e. The Labute approximate surface area is 120 Å². The molecule has 1 atom stereocenters. The van der Waals surface area contributed by atoms with Crippen LogP contribution < -0.4 is 9.47 Å². The van der Waals surface area contributed by atoms with Gasteiger partial charge in [0, 0.05) is 4.47 Å². The van der Waals surface area contributed by atoms with Crippen LogP contribution in [-0.4, -0.2) is 18.8 Å². The Bertz CT molecular complexity index is 542. The maximum absolute atomic E-state index is 10.1. The number of aliphatic hydroxyl groups is 1. The Balaban J connectivity index is 2.04. The van der Waals surface area contributed by atoms with Crippen molar-refractivity contribution in [2.45, 2.75) is 6.10 Å². The van der Waals surface area contributed by atoms with Gasteiger partial charge >= 0.3 is 0 Å². The zero-order valence-electron chi connectivity index (χ0n) is 10.5. The molecule has 1 N–H and O–H groups in total. The summed E-state index contributed by atoms with van der Waals surface area (Å²) in [6, 6.07) is 14.9. The van der Waals surface area contributed by atoms with Crippen molar-refractivity contribution in [3.8, 4) is 11.5 Å². The van der Waals surface area contributed by atoms with Crippen molar-refractivity contribution in [2.75, 3.05) is 13.7 Å². The number of halogens is 1. The normalized spacial score (nSPS) is 11.9. The molecule has 0 aliphatic carbocycles. The first-order valence-corrected chi connectivity index (χ1v) is 6.70. The summed E-state index contributed by atoms with van der Waals surface area (Å²) >= 11 is 3.41. The van der Waals surface area contributed by atoms with Crippen molar-refractivity contribution < 1.29 is 14.6 Å². The van der Waals surface area contributed by atoms with E-state index in [1.165, 1.54) is 0 Å². The molecule has 1 unspecified atom stereocenters. The van der Waals surface area contributed by atoms with Gasteiger partial charge in [-0.25, -0.2) is 0 Å². The van der Waals surface area contributed by atoms with Crippen molar-refractivity contribution in [1.82, 2.24) is 0 Å². The lowest BCUT2D eigenvalue weighted by atomic mass is 10.1. The van der Waals surface area contributed by atoms with E-state index in [0.717, 1.165) is 10.0 Å². The molecule has 19 heavy (non-hydrogen) atoms. The van der Waals surface area contributed by atoms with Gasteiger partial charge in [0.05, 0.1) is 7.11 Å². The van der Waals surface area contributed by atoms with E-state index in [2.05, 4.69) is 15.9 Å². The van der Waals surface area contributed by atoms with Crippen LogP contribution in [0.4, 0.5) is 0 Å². The molecule has 0 aromatic heterocycles. The molecule has 100 valence electrons. The molecule has 0 amide bonds. The summed E-state index contributed by atoms with van der Waals surface area (Å²) in [6.45, 7) is 0.170. The summed E-state index contributed by atoms with van der Waals surface area (Å²) in [6.07, 6.45) is -0.694. The van der Waals surface area contributed by atoms with Crippen LogP contribution >= 0.6 is 15.9 Å². The molecule has 0 fully saturated rings. The predicted octanol–water partition coefficient (Wildman–Crippen LogP) is 3.57. The van der Waals surface area contributed by atoms with Gasteiger partial charge in [0.25, 0.3) is 0 Å². The third-order valence-electron chi connectivity index (χ3n) is 2.73. The number of benzene rings is 2. The van der Waals surface area contributed by atoms with Gasteiger partial charge in [-0.05, 0) is 23.8 Å². The molecule has 0 radical (unpaired) electrons. The molecule has 3 nitrogen and oxygen atoms in total. The largest absolute Gasteiger partial charge is 0.493 e. The van der Waals surface area contributed by atoms with E-state index in [0.29, 0.717) is 11.5 Å². The van der Waals surface area contributed by atoms with E-state index < -0.39 is 6.10 Å². The van der Waals surface area contributed by atoms with E-state index in [9.17, 15) is 5.11 Å². The number of para-hydroxylation sites is 2. The maximum atomic E-state index is 10.1. The topological polar surface area (TPSA) is 38.7 Å². The third-order valence-corrected chi connectivity index (χ3v) is 3.45. The molecule has 2 aromatic carbocycles. The molecule has 0 saturated heterocycles. The number of methoxy groups -OCH3 is 1. The molecule has 0 spiro atoms. The molecule has 0 aliphatic heterocycles. The smallest absolute Gasteiger partial charge is 0.161 e. The zero-order chi connectivity index (χ0) is 13.7. The van der Waals surface area contributed by atoms with Crippen LogP contribution in [0.1, 0.15) is 11.7 Å². The minimum Gasteiger partial charge on any atom is -0.493 e. The average Bonchev–Trinajstić information content (AvgIpc) is 2.45. The van der Waals surface area contributed by atoms with Crippen molar-refractivity contribution in [2.24, 2.45) is 0 Å². The highest BCUT2D eigenvalue weighted by Crippen LogP contribution is 2.28. The van der Waals surface area contributed by atoms with E-state index in [4.69, 9.17) is 9.47 Å². The van der Waals surface area contributed by atoms with E-state index in [1.54, 1.807) is 7.11 Å². The number of rotatable bonds is 5. The molecule has 0 heterocycles. The molecule has 0 bridgehead atoms. The van der Waals surface area contributed by atoms with Gasteiger partial charge in [-0.15, -0.1) is 0 Å². The van der Waals surface area contributed by atoms with Gasteiger partial charge in [-0.3, -0.25) is 0 Å². The second-order valence-corrected chi connectivity index (χ2v) is 4.85. The zero-order valence-corrected chi connectivity index (χ0v) is 12.1. The fourth-order valence-corrected chi connectivity index (χ4v) is 2.29. The van der Waals surface area contributed by atoms with E-state index in [1.807, 2.05) is 48.5 Å². The fraction of sp³-hybridized carbons (Fsp3) is 0.200. The van der Waals surface area contributed by atoms with Gasteiger partial charge in [-0.2, -0.15) is 0 Å². The summed E-state index contributed by atoms with van der Waals surface area (Å²) in [7, 11) is 1.59. The highest BCUT2D eigenvalue weighted by atomic mass is 79.9. The van der Waals surface area contributed by atoms with Crippen molar-refractivity contribution in [3.05, 3.63) is 58.6 Å². The highest BCUT2D eigenvalue weighted by molar-refractivity contribution is 9.10. The van der Waals surface area contributed by atoms with Gasteiger partial charge in [0.2, 0.25) is 0 Å². The van der Waals surface area contributed by atoms with Crippen LogP contribution in [0.5, 0.6) is 11.5 Å². The van der Waals surface area contributed by atoms with Gasteiger partial charge in [-0.1, -0.05) is 46.3 Å². The minimum absolute atomic E-state index is 0.170. The number of hydrogen-bond acceptors (Lipinski definition) is 3. The minimum atomic E-state index is -0.694. The van der Waals surface area contributed by atoms with Gasteiger partial charge in [0.15, 0.2) is 11.5 Å². The van der Waals surface area contributed by atoms with Crippen molar-refractivity contribution in [1.29, 1.82) is 0 Å². The van der Waals surface area contributed by atoms with Gasteiger partial charge in [0.1, 0.15) is 12.7 Å². The van der Waals surface area contributed by atoms with E-state index in [-0.39, 0.29) is 6.61 Å². The molecular formula is C15H15BrO3. The quantitative estimate of drug-likeness (QED) is 0.914. The number of aliphatic hydroxyl groups excluding tert-OH is 1. The molecular weight excluding hydrogens is 308 g/mol. The first-order chi connectivity index (χ1) is 9.22. The Morgan fingerprint density at radius 1 is 1.05 bits per heavy atom. The summed E-state index contributed by atoms with van der Waals surface area (Å²) in [5, 5.41) is 10.1. The lowest BCUT2D eigenvalue weighted by molar-refractivity contribution is 0.106. The molecule has 4 heteroatoms. The van der Waals surface area contributed by atoms with Crippen LogP contribution in [0.3, 0.4) is 0 Å². The van der Waals surface area contributed by atoms with Gasteiger partial charge < -0.3 is 14.6 Å². The van der Waals surface area contributed by atoms with Crippen LogP contribution in [0, 0.1) is 0 Å². The second-order valence-electron chi connectivity index (χ2n) is 4.00. The summed E-state index contributed by atoms with van der Waals surface area (Å²) in [4.78, 5) is 0. The first-order valence-electron chi connectivity index (χ1n) is 5.90. The lowest BCUT2D eigenvalue weighted by Gasteiger charge is -2.15. The molecule has 2 rings (SSSR count). The van der Waals surface area contributed by atoms with Crippen molar-refractivity contribution >= 4 is 15.9 Å². The SMILES string of the molecule is COc1ccccc1OCC(O)c1ccccc1Br. The van der Waals surface area contributed by atoms with E-state index >= 15 is 0 Å². The Morgan fingerprint density at radius 3 is 2.37 bits per heavy atom. The predicted molar refractivity (Wildman–Crippen MR) is 77.6 cm³/mol. The fourth-order valence-electron chi connectivity index (χ4n) is 1.74. The highest BCUT2D eigenvalue weighted by Gasteiger charge is 2.12. The van der Waals surface area contributed by atoms with Crippen LogP contribution in [-0.2, 0) is 0 Å². The first kappa shape index (κ1) is 13.9. The lowest BCUT2D eigenvalue weighted by Crippen LogP contribution is -2.10.